The Bertz CT molecular complexity index is 700. The van der Waals surface area contributed by atoms with Gasteiger partial charge in [-0.25, -0.2) is 4.79 Å². The summed E-state index contributed by atoms with van der Waals surface area (Å²) in [4.78, 5) is 23.8. The van der Waals surface area contributed by atoms with Gasteiger partial charge in [0.1, 0.15) is 5.56 Å². The SMILES string of the molecule is COc1cccc2cc(C(=O)NC3CC3)c(=O)oc12. The first kappa shape index (κ1) is 11.8. The normalized spacial score (nSPS) is 14.4. The minimum atomic E-state index is -0.643. The van der Waals surface area contributed by atoms with E-state index in [1.165, 1.54) is 7.11 Å². The number of carbonyl (C=O) groups excluding carboxylic acids is 1. The number of ether oxygens (including phenoxy) is 1. The van der Waals surface area contributed by atoms with Crippen LogP contribution >= 0.6 is 0 Å². The lowest BCUT2D eigenvalue weighted by molar-refractivity contribution is 0.0947. The largest absolute Gasteiger partial charge is 0.493 e. The molecule has 1 heterocycles. The zero-order chi connectivity index (χ0) is 13.4. The Morgan fingerprint density at radius 3 is 2.89 bits per heavy atom. The van der Waals surface area contributed by atoms with E-state index >= 15 is 0 Å². The molecular weight excluding hydrogens is 246 g/mol. The summed E-state index contributed by atoms with van der Waals surface area (Å²) in [5.41, 5.74) is -0.249. The van der Waals surface area contributed by atoms with Gasteiger partial charge >= 0.3 is 5.63 Å². The van der Waals surface area contributed by atoms with Crippen molar-refractivity contribution >= 4 is 16.9 Å². The van der Waals surface area contributed by atoms with Crippen molar-refractivity contribution in [2.24, 2.45) is 0 Å². The topological polar surface area (TPSA) is 68.5 Å². The molecule has 0 saturated heterocycles. The highest BCUT2D eigenvalue weighted by atomic mass is 16.5. The molecule has 1 saturated carbocycles. The van der Waals surface area contributed by atoms with Crippen LogP contribution in [-0.2, 0) is 0 Å². The summed E-state index contributed by atoms with van der Waals surface area (Å²) in [6.45, 7) is 0. The smallest absolute Gasteiger partial charge is 0.349 e. The third kappa shape index (κ3) is 2.19. The molecular formula is C14H13NO4. The van der Waals surface area contributed by atoms with E-state index in [4.69, 9.17) is 9.15 Å². The summed E-state index contributed by atoms with van der Waals surface area (Å²) in [6.07, 6.45) is 1.94. The molecule has 0 aliphatic heterocycles. The van der Waals surface area contributed by atoms with Crippen molar-refractivity contribution < 1.29 is 13.9 Å². The molecule has 1 aromatic heterocycles. The van der Waals surface area contributed by atoms with E-state index in [-0.39, 0.29) is 17.5 Å². The Balaban J connectivity index is 2.08. The molecule has 1 N–H and O–H groups in total. The maximum Gasteiger partial charge on any atom is 0.349 e. The molecule has 0 unspecified atom stereocenters. The fourth-order valence-corrected chi connectivity index (χ4v) is 1.93. The Morgan fingerprint density at radius 1 is 1.42 bits per heavy atom. The van der Waals surface area contributed by atoms with Crippen LogP contribution in [0.4, 0.5) is 0 Å². The number of nitrogens with one attached hydrogen (secondary N) is 1. The van der Waals surface area contributed by atoms with E-state index in [0.717, 1.165) is 12.8 Å². The Kier molecular flexibility index (Phi) is 2.74. The molecule has 0 spiro atoms. The highest BCUT2D eigenvalue weighted by Crippen LogP contribution is 2.25. The molecule has 19 heavy (non-hydrogen) atoms. The van der Waals surface area contributed by atoms with Crippen LogP contribution in [0.25, 0.3) is 11.0 Å². The summed E-state index contributed by atoms with van der Waals surface area (Å²) in [7, 11) is 1.50. The van der Waals surface area contributed by atoms with Gasteiger partial charge in [0.2, 0.25) is 0 Å². The van der Waals surface area contributed by atoms with Gasteiger partial charge in [0, 0.05) is 11.4 Å². The maximum atomic E-state index is 11.9. The van der Waals surface area contributed by atoms with E-state index in [1.54, 1.807) is 24.3 Å². The standard InChI is InChI=1S/C14H13NO4/c1-18-11-4-2-3-8-7-10(14(17)19-12(8)11)13(16)15-9-5-6-9/h2-4,7,9H,5-6H2,1H3,(H,15,16). The van der Waals surface area contributed by atoms with Crippen molar-refractivity contribution in [2.75, 3.05) is 7.11 Å². The first-order valence-electron chi connectivity index (χ1n) is 6.11. The first-order valence-corrected chi connectivity index (χ1v) is 6.11. The molecule has 1 fully saturated rings. The molecule has 0 atom stereocenters. The van der Waals surface area contributed by atoms with Gasteiger partial charge in [-0.1, -0.05) is 12.1 Å². The molecule has 1 aromatic carbocycles. The fourth-order valence-electron chi connectivity index (χ4n) is 1.93. The zero-order valence-electron chi connectivity index (χ0n) is 10.4. The molecule has 98 valence electrons. The van der Waals surface area contributed by atoms with Crippen molar-refractivity contribution in [3.8, 4) is 5.75 Å². The number of benzene rings is 1. The zero-order valence-corrected chi connectivity index (χ0v) is 10.4. The number of fused-ring (bicyclic) bond motifs is 1. The summed E-state index contributed by atoms with van der Waals surface area (Å²) >= 11 is 0. The van der Waals surface area contributed by atoms with Crippen LogP contribution in [0.1, 0.15) is 23.2 Å². The molecule has 0 bridgehead atoms. The van der Waals surface area contributed by atoms with Gasteiger partial charge in [0.15, 0.2) is 11.3 Å². The second-order valence-corrected chi connectivity index (χ2v) is 4.57. The van der Waals surface area contributed by atoms with Gasteiger partial charge < -0.3 is 14.5 Å². The minimum Gasteiger partial charge on any atom is -0.493 e. The predicted molar refractivity (Wildman–Crippen MR) is 69.5 cm³/mol. The minimum absolute atomic E-state index is 0.0349. The van der Waals surface area contributed by atoms with Crippen LogP contribution < -0.4 is 15.7 Å². The molecule has 0 radical (unpaired) electrons. The molecule has 2 aromatic rings. The second-order valence-electron chi connectivity index (χ2n) is 4.57. The summed E-state index contributed by atoms with van der Waals surface area (Å²) in [6, 6.07) is 7.00. The first-order chi connectivity index (χ1) is 9.19. The van der Waals surface area contributed by atoms with Gasteiger partial charge in [0.25, 0.3) is 5.91 Å². The second kappa shape index (κ2) is 4.42. The maximum absolute atomic E-state index is 11.9. The van der Waals surface area contributed by atoms with Crippen molar-refractivity contribution in [1.29, 1.82) is 0 Å². The third-order valence-corrected chi connectivity index (χ3v) is 3.10. The molecule has 1 amide bonds. The van der Waals surface area contributed by atoms with Gasteiger partial charge in [-0.2, -0.15) is 0 Å². The average Bonchev–Trinajstić information content (AvgIpc) is 3.21. The molecule has 1 aliphatic carbocycles. The van der Waals surface area contributed by atoms with Gasteiger partial charge in [-0.15, -0.1) is 0 Å². The van der Waals surface area contributed by atoms with Crippen molar-refractivity contribution in [3.63, 3.8) is 0 Å². The summed E-state index contributed by atoms with van der Waals surface area (Å²) in [5.74, 6) is 0.102. The van der Waals surface area contributed by atoms with Gasteiger partial charge in [0.05, 0.1) is 7.11 Å². The van der Waals surface area contributed by atoms with E-state index in [0.29, 0.717) is 16.7 Å². The molecule has 3 rings (SSSR count). The average molecular weight is 259 g/mol. The fraction of sp³-hybridized carbons (Fsp3) is 0.286. The van der Waals surface area contributed by atoms with Gasteiger partial charge in [-0.05, 0) is 25.0 Å². The number of carbonyl (C=O) groups is 1. The highest BCUT2D eigenvalue weighted by molar-refractivity contribution is 5.97. The Morgan fingerprint density at radius 2 is 2.21 bits per heavy atom. The number of para-hydroxylation sites is 1. The lowest BCUT2D eigenvalue weighted by Crippen LogP contribution is -2.29. The number of methoxy groups -OCH3 is 1. The lowest BCUT2D eigenvalue weighted by atomic mass is 10.1. The lowest BCUT2D eigenvalue weighted by Gasteiger charge is -2.06. The molecule has 1 aliphatic rings. The number of rotatable bonds is 3. The Labute approximate surface area is 109 Å². The van der Waals surface area contributed by atoms with E-state index < -0.39 is 5.63 Å². The van der Waals surface area contributed by atoms with E-state index in [9.17, 15) is 9.59 Å². The van der Waals surface area contributed by atoms with Gasteiger partial charge in [-0.3, -0.25) is 4.79 Å². The van der Waals surface area contributed by atoms with Crippen LogP contribution in [0.2, 0.25) is 0 Å². The predicted octanol–water partition coefficient (Wildman–Crippen LogP) is 1.69. The molecule has 5 heteroatoms. The quantitative estimate of drug-likeness (QED) is 0.852. The molecule has 5 nitrogen and oxygen atoms in total. The third-order valence-electron chi connectivity index (χ3n) is 3.10. The van der Waals surface area contributed by atoms with Crippen molar-refractivity contribution in [3.05, 3.63) is 40.2 Å². The van der Waals surface area contributed by atoms with Crippen molar-refractivity contribution in [2.45, 2.75) is 18.9 Å². The van der Waals surface area contributed by atoms with E-state index in [2.05, 4.69) is 5.32 Å². The highest BCUT2D eigenvalue weighted by Gasteiger charge is 2.25. The van der Waals surface area contributed by atoms with Crippen LogP contribution in [0.15, 0.2) is 33.5 Å². The summed E-state index contributed by atoms with van der Waals surface area (Å²) in [5, 5.41) is 3.44. The van der Waals surface area contributed by atoms with Crippen LogP contribution in [0, 0.1) is 0 Å². The van der Waals surface area contributed by atoms with E-state index in [1.807, 2.05) is 0 Å². The van der Waals surface area contributed by atoms with Crippen LogP contribution in [-0.4, -0.2) is 19.1 Å². The summed E-state index contributed by atoms with van der Waals surface area (Å²) < 4.78 is 10.3. The van der Waals surface area contributed by atoms with Crippen molar-refractivity contribution in [1.82, 2.24) is 5.32 Å². The Hall–Kier alpha value is -2.30. The number of hydrogen-bond donors (Lipinski definition) is 1. The number of amides is 1. The van der Waals surface area contributed by atoms with Crippen LogP contribution in [0.5, 0.6) is 5.75 Å². The van der Waals surface area contributed by atoms with Crippen LogP contribution in [0.3, 0.4) is 0 Å². The monoisotopic (exact) mass is 259 g/mol. The number of hydrogen-bond acceptors (Lipinski definition) is 4.